The number of rotatable bonds is 0. The lowest BCUT2D eigenvalue weighted by molar-refractivity contribution is 0.649. The Bertz CT molecular complexity index is 620. The summed E-state index contributed by atoms with van der Waals surface area (Å²) in [5, 5.41) is 4.61. The summed E-state index contributed by atoms with van der Waals surface area (Å²) < 4.78 is 1.04. The number of halogens is 1. The molecule has 16 heavy (non-hydrogen) atoms. The van der Waals surface area contributed by atoms with Gasteiger partial charge < -0.3 is 5.32 Å². The summed E-state index contributed by atoms with van der Waals surface area (Å²) in [7, 11) is 0. The van der Waals surface area contributed by atoms with Gasteiger partial charge in [-0.1, -0.05) is 11.6 Å². The van der Waals surface area contributed by atoms with E-state index in [2.05, 4.69) is 5.32 Å². The molecule has 0 bridgehead atoms. The molecular weight excluding hydrogens is 242 g/mol. The van der Waals surface area contributed by atoms with Crippen LogP contribution in [0.25, 0.3) is 10.1 Å². The second-order valence-electron chi connectivity index (χ2n) is 3.90. The Morgan fingerprint density at radius 1 is 1.38 bits per heavy atom. The van der Waals surface area contributed by atoms with E-state index in [1.54, 1.807) is 17.4 Å². The summed E-state index contributed by atoms with van der Waals surface area (Å²) >= 11 is 7.64. The first-order chi connectivity index (χ1) is 7.75. The second-order valence-corrected chi connectivity index (χ2v) is 5.47. The van der Waals surface area contributed by atoms with Crippen molar-refractivity contribution in [3.8, 4) is 0 Å². The number of fused-ring (bicyclic) bond motifs is 2. The van der Waals surface area contributed by atoms with Crippen molar-refractivity contribution in [3.63, 3.8) is 0 Å². The SMILES string of the molecule is O=c1c2c(sc3ccc(Cl)cc13)CCNC2. The van der Waals surface area contributed by atoms with Crippen LogP contribution in [0.15, 0.2) is 23.0 Å². The first kappa shape index (κ1) is 10.3. The summed E-state index contributed by atoms with van der Waals surface area (Å²) in [6, 6.07) is 5.55. The van der Waals surface area contributed by atoms with Crippen LogP contribution in [0, 0.1) is 0 Å². The predicted octanol–water partition coefficient (Wildman–Crippen LogP) is 2.56. The van der Waals surface area contributed by atoms with E-state index in [0.29, 0.717) is 11.6 Å². The van der Waals surface area contributed by atoms with Crippen LogP contribution < -0.4 is 10.7 Å². The van der Waals surface area contributed by atoms with Gasteiger partial charge in [-0.25, -0.2) is 0 Å². The molecule has 0 saturated heterocycles. The number of hydrogen-bond donors (Lipinski definition) is 1. The van der Waals surface area contributed by atoms with E-state index in [4.69, 9.17) is 11.6 Å². The molecule has 2 nitrogen and oxygen atoms in total. The molecule has 1 aliphatic rings. The zero-order valence-corrected chi connectivity index (χ0v) is 10.1. The summed E-state index contributed by atoms with van der Waals surface area (Å²) in [6.07, 6.45) is 0.952. The lowest BCUT2D eigenvalue weighted by atomic mass is 10.1. The van der Waals surface area contributed by atoms with E-state index < -0.39 is 0 Å². The third-order valence-corrected chi connectivity index (χ3v) is 4.37. The van der Waals surface area contributed by atoms with Gasteiger partial charge in [0.2, 0.25) is 0 Å². The highest BCUT2D eigenvalue weighted by Crippen LogP contribution is 2.26. The summed E-state index contributed by atoms with van der Waals surface area (Å²) in [5.74, 6) is 0. The Labute approximate surface area is 102 Å². The van der Waals surface area contributed by atoms with Gasteiger partial charge in [0, 0.05) is 38.6 Å². The van der Waals surface area contributed by atoms with Gasteiger partial charge in [-0.3, -0.25) is 4.79 Å². The van der Waals surface area contributed by atoms with Crippen molar-refractivity contribution >= 4 is 33.0 Å². The van der Waals surface area contributed by atoms with E-state index in [0.717, 1.165) is 28.6 Å². The van der Waals surface area contributed by atoms with Gasteiger partial charge in [-0.15, -0.1) is 11.3 Å². The zero-order chi connectivity index (χ0) is 11.1. The summed E-state index contributed by atoms with van der Waals surface area (Å²) in [6.45, 7) is 1.65. The van der Waals surface area contributed by atoms with E-state index in [1.165, 1.54) is 4.88 Å². The molecule has 1 aromatic heterocycles. The maximum absolute atomic E-state index is 12.2. The number of hydrogen-bond acceptors (Lipinski definition) is 3. The van der Waals surface area contributed by atoms with Crippen molar-refractivity contribution in [2.45, 2.75) is 13.0 Å². The van der Waals surface area contributed by atoms with Crippen LogP contribution >= 0.6 is 22.9 Å². The van der Waals surface area contributed by atoms with Crippen molar-refractivity contribution < 1.29 is 0 Å². The molecule has 1 aromatic carbocycles. The second kappa shape index (κ2) is 3.84. The topological polar surface area (TPSA) is 29.1 Å². The molecule has 4 heteroatoms. The van der Waals surface area contributed by atoms with E-state index in [1.807, 2.05) is 12.1 Å². The molecular formula is C12H10ClNOS. The van der Waals surface area contributed by atoms with Crippen molar-refractivity contribution in [1.29, 1.82) is 0 Å². The normalized spacial score (nSPS) is 15.1. The molecule has 0 spiro atoms. The van der Waals surface area contributed by atoms with Crippen LogP contribution in [0.5, 0.6) is 0 Å². The molecule has 1 aliphatic heterocycles. The molecule has 0 radical (unpaired) electrons. The van der Waals surface area contributed by atoms with Gasteiger partial charge in [-0.05, 0) is 24.6 Å². The van der Waals surface area contributed by atoms with Crippen LogP contribution in [0.3, 0.4) is 0 Å². The Kier molecular flexibility index (Phi) is 2.46. The fourth-order valence-corrected chi connectivity index (χ4v) is 3.38. The minimum Gasteiger partial charge on any atom is -0.312 e. The fourth-order valence-electron chi connectivity index (χ4n) is 2.05. The third-order valence-electron chi connectivity index (χ3n) is 2.86. The zero-order valence-electron chi connectivity index (χ0n) is 8.55. The Morgan fingerprint density at radius 2 is 2.25 bits per heavy atom. The first-order valence-electron chi connectivity index (χ1n) is 5.20. The van der Waals surface area contributed by atoms with Gasteiger partial charge in [0.05, 0.1) is 0 Å². The van der Waals surface area contributed by atoms with Crippen molar-refractivity contribution in [3.05, 3.63) is 43.9 Å². The molecule has 0 unspecified atom stereocenters. The Balaban J connectivity index is 2.40. The first-order valence-corrected chi connectivity index (χ1v) is 6.40. The smallest absolute Gasteiger partial charge is 0.192 e. The van der Waals surface area contributed by atoms with Crippen LogP contribution in [-0.2, 0) is 13.0 Å². The van der Waals surface area contributed by atoms with E-state index in [9.17, 15) is 4.79 Å². The van der Waals surface area contributed by atoms with Crippen molar-refractivity contribution in [2.24, 2.45) is 0 Å². The summed E-state index contributed by atoms with van der Waals surface area (Å²) in [5.41, 5.74) is 1.06. The van der Waals surface area contributed by atoms with Crippen LogP contribution in [0.4, 0.5) is 0 Å². The van der Waals surface area contributed by atoms with Crippen molar-refractivity contribution in [1.82, 2.24) is 5.32 Å². The third kappa shape index (κ3) is 1.56. The Hall–Kier alpha value is -0.900. The van der Waals surface area contributed by atoms with Crippen LogP contribution in [0.1, 0.15) is 10.4 Å². The van der Waals surface area contributed by atoms with Crippen LogP contribution in [-0.4, -0.2) is 6.54 Å². The minimum atomic E-state index is 0.137. The standard InChI is InChI=1S/C12H10ClNOS/c13-7-1-2-10-8(5-7)12(15)9-6-14-4-3-11(9)16-10/h1-2,5,14H,3-4,6H2. The van der Waals surface area contributed by atoms with Crippen LogP contribution in [0.2, 0.25) is 5.02 Å². The molecule has 2 aromatic rings. The average Bonchev–Trinajstić information content (AvgIpc) is 2.31. The molecule has 0 aliphatic carbocycles. The summed E-state index contributed by atoms with van der Waals surface area (Å²) in [4.78, 5) is 13.5. The highest BCUT2D eigenvalue weighted by molar-refractivity contribution is 7.18. The quantitative estimate of drug-likeness (QED) is 0.780. The van der Waals surface area contributed by atoms with Crippen molar-refractivity contribution in [2.75, 3.05) is 6.54 Å². The molecule has 82 valence electrons. The van der Waals surface area contributed by atoms with Gasteiger partial charge in [0.25, 0.3) is 0 Å². The van der Waals surface area contributed by atoms with Gasteiger partial charge in [0.15, 0.2) is 5.43 Å². The molecule has 0 saturated carbocycles. The predicted molar refractivity (Wildman–Crippen MR) is 68.5 cm³/mol. The maximum atomic E-state index is 12.2. The maximum Gasteiger partial charge on any atom is 0.192 e. The van der Waals surface area contributed by atoms with Gasteiger partial charge in [0.1, 0.15) is 0 Å². The van der Waals surface area contributed by atoms with Gasteiger partial charge in [-0.2, -0.15) is 0 Å². The molecule has 3 rings (SSSR count). The number of nitrogens with one attached hydrogen (secondary N) is 1. The molecule has 2 heterocycles. The minimum absolute atomic E-state index is 0.137. The van der Waals surface area contributed by atoms with Gasteiger partial charge >= 0.3 is 0 Å². The number of benzene rings is 1. The lowest BCUT2D eigenvalue weighted by Gasteiger charge is -2.16. The Morgan fingerprint density at radius 3 is 3.12 bits per heavy atom. The molecule has 0 fully saturated rings. The fraction of sp³-hybridized carbons (Fsp3) is 0.250. The molecule has 0 amide bonds. The molecule has 1 N–H and O–H groups in total. The van der Waals surface area contributed by atoms with E-state index in [-0.39, 0.29) is 5.43 Å². The lowest BCUT2D eigenvalue weighted by Crippen LogP contribution is -2.28. The monoisotopic (exact) mass is 251 g/mol. The highest BCUT2D eigenvalue weighted by atomic mass is 35.5. The van der Waals surface area contributed by atoms with E-state index >= 15 is 0 Å². The average molecular weight is 252 g/mol. The molecule has 0 atom stereocenters. The largest absolute Gasteiger partial charge is 0.312 e. The highest BCUT2D eigenvalue weighted by Gasteiger charge is 2.15.